The normalized spacial score (nSPS) is 20.2. The van der Waals surface area contributed by atoms with Crippen LogP contribution in [-0.2, 0) is 14.8 Å². The number of amides is 1. The predicted molar refractivity (Wildman–Crippen MR) is 142 cm³/mol. The van der Waals surface area contributed by atoms with Crippen molar-refractivity contribution < 1.29 is 17.7 Å². The predicted octanol–water partition coefficient (Wildman–Crippen LogP) is 5.27. The van der Waals surface area contributed by atoms with Crippen molar-refractivity contribution >= 4 is 28.1 Å². The summed E-state index contributed by atoms with van der Waals surface area (Å²) in [6.07, 6.45) is 10.6. The van der Waals surface area contributed by atoms with E-state index >= 15 is 0 Å². The van der Waals surface area contributed by atoms with Crippen LogP contribution in [0.3, 0.4) is 0 Å². The Hall–Kier alpha value is -2.45. The SMILES string of the molecule is Cc1cc(C)c(/C=C/c2onc(C)c2S(=O)(=O)N2CCC[C@@H](C(=O)N(C)C3CCCCC3)C2)c(C)c1. The number of aryl methyl sites for hydroxylation is 4. The van der Waals surface area contributed by atoms with Crippen LogP contribution in [0.4, 0.5) is 0 Å². The molecule has 1 aromatic heterocycles. The fraction of sp³-hybridized carbons (Fsp3) is 0.571. The van der Waals surface area contributed by atoms with E-state index in [9.17, 15) is 13.2 Å². The molecule has 196 valence electrons. The minimum atomic E-state index is -3.87. The zero-order chi connectivity index (χ0) is 26.0. The number of aromatic nitrogens is 1. The van der Waals surface area contributed by atoms with Gasteiger partial charge in [0.25, 0.3) is 0 Å². The summed E-state index contributed by atoms with van der Waals surface area (Å²) in [6, 6.07) is 4.47. The minimum absolute atomic E-state index is 0.0641. The van der Waals surface area contributed by atoms with Gasteiger partial charge in [0.15, 0.2) is 10.7 Å². The number of sulfonamides is 1. The van der Waals surface area contributed by atoms with E-state index in [1.54, 1.807) is 13.0 Å². The monoisotopic (exact) mass is 513 g/mol. The Bertz CT molecular complexity index is 1220. The van der Waals surface area contributed by atoms with Crippen molar-refractivity contribution in [3.8, 4) is 0 Å². The van der Waals surface area contributed by atoms with Gasteiger partial charge in [-0.2, -0.15) is 4.31 Å². The molecule has 1 atom stereocenters. The van der Waals surface area contributed by atoms with Gasteiger partial charge in [0, 0.05) is 26.2 Å². The van der Waals surface area contributed by atoms with Crippen LogP contribution in [0.1, 0.15) is 78.7 Å². The maximum Gasteiger partial charge on any atom is 0.248 e. The third kappa shape index (κ3) is 5.44. The molecule has 1 saturated heterocycles. The van der Waals surface area contributed by atoms with Crippen LogP contribution in [-0.4, -0.2) is 54.9 Å². The first-order chi connectivity index (χ1) is 17.1. The first-order valence-electron chi connectivity index (χ1n) is 13.1. The molecule has 2 aliphatic rings. The molecule has 1 aliphatic carbocycles. The van der Waals surface area contributed by atoms with Crippen LogP contribution in [0.2, 0.25) is 0 Å². The highest BCUT2D eigenvalue weighted by atomic mass is 32.2. The van der Waals surface area contributed by atoms with Crippen LogP contribution in [0, 0.1) is 33.6 Å². The largest absolute Gasteiger partial charge is 0.355 e. The van der Waals surface area contributed by atoms with Gasteiger partial charge in [0.2, 0.25) is 15.9 Å². The second-order valence-corrected chi connectivity index (χ2v) is 12.4. The third-order valence-corrected chi connectivity index (χ3v) is 9.80. The number of nitrogens with zero attached hydrogens (tertiary/aromatic N) is 3. The van der Waals surface area contributed by atoms with Crippen LogP contribution >= 0.6 is 0 Å². The maximum atomic E-state index is 13.8. The Morgan fingerprint density at radius 3 is 2.36 bits per heavy atom. The highest BCUT2D eigenvalue weighted by Crippen LogP contribution is 2.31. The number of carbonyl (C=O) groups excluding carboxylic acids is 1. The molecule has 1 saturated carbocycles. The van der Waals surface area contributed by atoms with Gasteiger partial charge in [0.1, 0.15) is 5.69 Å². The summed E-state index contributed by atoms with van der Waals surface area (Å²) in [5, 5.41) is 3.99. The number of hydrogen-bond acceptors (Lipinski definition) is 5. The summed E-state index contributed by atoms with van der Waals surface area (Å²) < 4.78 is 34.5. The molecule has 0 unspecified atom stereocenters. The number of benzene rings is 1. The number of rotatable bonds is 6. The molecule has 0 radical (unpaired) electrons. The molecule has 36 heavy (non-hydrogen) atoms. The van der Waals surface area contributed by atoms with E-state index in [4.69, 9.17) is 4.52 Å². The van der Waals surface area contributed by atoms with Crippen molar-refractivity contribution in [3.05, 3.63) is 45.8 Å². The van der Waals surface area contributed by atoms with E-state index in [1.165, 1.54) is 16.3 Å². The molecule has 1 amide bonds. The Balaban J connectivity index is 1.56. The second kappa shape index (κ2) is 10.9. The van der Waals surface area contributed by atoms with Crippen LogP contribution in [0.25, 0.3) is 12.2 Å². The topological polar surface area (TPSA) is 83.7 Å². The average Bonchev–Trinajstić information content (AvgIpc) is 3.24. The highest BCUT2D eigenvalue weighted by Gasteiger charge is 2.38. The van der Waals surface area contributed by atoms with Gasteiger partial charge in [0.05, 0.1) is 5.92 Å². The van der Waals surface area contributed by atoms with Crippen molar-refractivity contribution in [1.82, 2.24) is 14.4 Å². The molecule has 0 N–H and O–H groups in total. The second-order valence-electron chi connectivity index (χ2n) is 10.6. The van der Waals surface area contributed by atoms with Crippen LogP contribution in [0.5, 0.6) is 0 Å². The lowest BCUT2D eigenvalue weighted by Crippen LogP contribution is -2.48. The van der Waals surface area contributed by atoms with Gasteiger partial charge in [-0.3, -0.25) is 4.79 Å². The fourth-order valence-corrected chi connectivity index (χ4v) is 7.61. The molecule has 2 fully saturated rings. The van der Waals surface area contributed by atoms with Crippen molar-refractivity contribution in [3.63, 3.8) is 0 Å². The molecular formula is C28H39N3O4S. The van der Waals surface area contributed by atoms with Crippen LogP contribution in [0.15, 0.2) is 21.6 Å². The summed E-state index contributed by atoms with van der Waals surface area (Å²) in [7, 11) is -1.99. The lowest BCUT2D eigenvalue weighted by atomic mass is 9.92. The molecule has 0 spiro atoms. The Labute approximate surface area is 215 Å². The van der Waals surface area contributed by atoms with E-state index < -0.39 is 10.0 Å². The van der Waals surface area contributed by atoms with Gasteiger partial charge in [-0.1, -0.05) is 48.2 Å². The zero-order valence-corrected chi connectivity index (χ0v) is 23.0. The quantitative estimate of drug-likeness (QED) is 0.525. The summed E-state index contributed by atoms with van der Waals surface area (Å²) >= 11 is 0. The lowest BCUT2D eigenvalue weighted by Gasteiger charge is -2.37. The summed E-state index contributed by atoms with van der Waals surface area (Å²) in [4.78, 5) is 15.3. The van der Waals surface area contributed by atoms with E-state index in [-0.39, 0.29) is 35.1 Å². The summed E-state index contributed by atoms with van der Waals surface area (Å²) in [5.74, 6) is -0.0357. The van der Waals surface area contributed by atoms with Crippen LogP contribution < -0.4 is 0 Å². The molecule has 8 heteroatoms. The molecule has 2 aromatic rings. The number of carbonyl (C=O) groups is 1. The van der Waals surface area contributed by atoms with Crippen molar-refractivity contribution in [2.24, 2.45) is 5.92 Å². The third-order valence-electron chi connectivity index (χ3n) is 7.77. The number of hydrogen-bond donors (Lipinski definition) is 0. The smallest absolute Gasteiger partial charge is 0.248 e. The molecular weight excluding hydrogens is 474 g/mol. The molecule has 1 aromatic carbocycles. The Kier molecular flexibility index (Phi) is 8.05. The average molecular weight is 514 g/mol. The van der Waals surface area contributed by atoms with Gasteiger partial charge in [-0.05, 0) is 76.1 Å². The molecule has 4 rings (SSSR count). The van der Waals surface area contributed by atoms with Gasteiger partial charge >= 0.3 is 0 Å². The van der Waals surface area contributed by atoms with Crippen molar-refractivity contribution in [2.45, 2.75) is 83.6 Å². The molecule has 0 bridgehead atoms. The van der Waals surface area contributed by atoms with E-state index in [0.29, 0.717) is 25.1 Å². The molecule has 1 aliphatic heterocycles. The number of piperidine rings is 1. The standard InChI is InChI=1S/C28H39N3O4S/c1-19-16-20(2)25(21(3)17-19)13-14-26-27(22(4)29-35-26)36(33,34)31-15-9-10-23(18-31)28(32)30(5)24-11-7-6-8-12-24/h13-14,16-17,23-24H,6-12,15,18H2,1-5H3/b14-13+/t23-/m1/s1. The zero-order valence-electron chi connectivity index (χ0n) is 22.2. The van der Waals surface area contributed by atoms with Gasteiger partial charge in [-0.25, -0.2) is 8.42 Å². The fourth-order valence-electron chi connectivity index (χ4n) is 5.84. The molecule has 7 nitrogen and oxygen atoms in total. The Morgan fingerprint density at radius 1 is 1.03 bits per heavy atom. The van der Waals surface area contributed by atoms with Crippen molar-refractivity contribution in [2.75, 3.05) is 20.1 Å². The first-order valence-corrected chi connectivity index (χ1v) is 14.5. The van der Waals surface area contributed by atoms with E-state index in [0.717, 1.165) is 42.4 Å². The van der Waals surface area contributed by atoms with E-state index in [1.807, 2.05) is 31.9 Å². The Morgan fingerprint density at radius 2 is 1.69 bits per heavy atom. The highest BCUT2D eigenvalue weighted by molar-refractivity contribution is 7.89. The summed E-state index contributed by atoms with van der Waals surface area (Å²) in [5.41, 5.74) is 4.78. The lowest BCUT2D eigenvalue weighted by molar-refractivity contribution is -0.138. The summed E-state index contributed by atoms with van der Waals surface area (Å²) in [6.45, 7) is 8.38. The van der Waals surface area contributed by atoms with Gasteiger partial charge in [-0.15, -0.1) is 0 Å². The van der Waals surface area contributed by atoms with Crippen molar-refractivity contribution in [1.29, 1.82) is 0 Å². The maximum absolute atomic E-state index is 13.8. The van der Waals surface area contributed by atoms with E-state index in [2.05, 4.69) is 24.2 Å². The van der Waals surface area contributed by atoms with Gasteiger partial charge < -0.3 is 9.42 Å². The molecule has 2 heterocycles. The minimum Gasteiger partial charge on any atom is -0.355 e. The first kappa shape index (κ1) is 26.6.